The smallest absolute Gasteiger partial charge is 0.408 e. The lowest BCUT2D eigenvalue weighted by atomic mass is 9.80. The van der Waals surface area contributed by atoms with Gasteiger partial charge in [-0.3, -0.25) is 5.10 Å². The molecule has 0 spiro atoms. The van der Waals surface area contributed by atoms with Gasteiger partial charge < -0.3 is 19.7 Å². The second-order valence-electron chi connectivity index (χ2n) is 10.6. The molecule has 13 heteroatoms. The number of anilines is 1. The van der Waals surface area contributed by atoms with E-state index >= 15 is 4.39 Å². The first kappa shape index (κ1) is 28.0. The Morgan fingerprint density at radius 1 is 1.22 bits per heavy atom. The van der Waals surface area contributed by atoms with E-state index in [1.807, 2.05) is 4.90 Å². The van der Waals surface area contributed by atoms with Crippen LogP contribution in [-0.4, -0.2) is 57.0 Å². The summed E-state index contributed by atoms with van der Waals surface area (Å²) in [5, 5.41) is 20.8. The molecule has 0 radical (unpaired) electrons. The topological polar surface area (TPSA) is 142 Å². The summed E-state index contributed by atoms with van der Waals surface area (Å²) in [6.45, 7) is 6.04. The predicted molar refractivity (Wildman–Crippen MR) is 150 cm³/mol. The molecule has 1 fully saturated rings. The van der Waals surface area contributed by atoms with Crippen LogP contribution in [0.1, 0.15) is 44.9 Å². The number of amides is 1. The number of carbonyl (C=O) groups excluding carboxylic acids is 1. The number of nitrogens with zero attached hydrogens (tertiary/aromatic N) is 6. The molecule has 2 N–H and O–H groups in total. The molecule has 5 rings (SSSR count). The van der Waals surface area contributed by atoms with Gasteiger partial charge in [-0.2, -0.15) is 15.3 Å². The van der Waals surface area contributed by atoms with Crippen molar-refractivity contribution in [3.63, 3.8) is 0 Å². The molecule has 0 saturated carbocycles. The number of methoxy groups -OCH3 is 1. The quantitative estimate of drug-likeness (QED) is 0.330. The third-order valence-electron chi connectivity index (χ3n) is 6.86. The number of aromatic nitrogens is 5. The summed E-state index contributed by atoms with van der Waals surface area (Å²) in [6, 6.07) is 10.2. The van der Waals surface area contributed by atoms with Crippen LogP contribution in [0.4, 0.5) is 15.1 Å². The zero-order chi connectivity index (χ0) is 29.4. The van der Waals surface area contributed by atoms with Gasteiger partial charge in [0.1, 0.15) is 22.5 Å². The minimum absolute atomic E-state index is 0.110. The van der Waals surface area contributed by atoms with Crippen molar-refractivity contribution in [2.75, 3.05) is 25.1 Å². The number of hydrogen-bond acceptors (Lipinski definition) is 9. The Morgan fingerprint density at radius 2 is 1.95 bits per heavy atom. The average molecular weight is 579 g/mol. The van der Waals surface area contributed by atoms with Gasteiger partial charge in [0.25, 0.3) is 0 Å². The van der Waals surface area contributed by atoms with Gasteiger partial charge in [-0.05, 0) is 45.7 Å². The maximum Gasteiger partial charge on any atom is 0.408 e. The monoisotopic (exact) mass is 578 g/mol. The van der Waals surface area contributed by atoms with E-state index in [4.69, 9.17) is 21.1 Å². The van der Waals surface area contributed by atoms with E-state index in [2.05, 4.69) is 36.5 Å². The van der Waals surface area contributed by atoms with E-state index in [0.29, 0.717) is 54.1 Å². The molecule has 11 nitrogen and oxygen atoms in total. The van der Waals surface area contributed by atoms with E-state index in [1.54, 1.807) is 45.0 Å². The molecule has 1 aliphatic rings. The Labute approximate surface area is 240 Å². The summed E-state index contributed by atoms with van der Waals surface area (Å²) in [4.78, 5) is 27.9. The number of nitrogens with one attached hydrogen (secondary N) is 2. The van der Waals surface area contributed by atoms with Crippen LogP contribution in [0.2, 0.25) is 5.02 Å². The van der Waals surface area contributed by atoms with Crippen molar-refractivity contribution in [3.05, 3.63) is 58.6 Å². The van der Waals surface area contributed by atoms with E-state index in [0.717, 1.165) is 0 Å². The number of halogens is 2. The fourth-order valence-corrected chi connectivity index (χ4v) is 5.27. The maximum absolute atomic E-state index is 15.0. The summed E-state index contributed by atoms with van der Waals surface area (Å²) >= 11 is 6.48. The van der Waals surface area contributed by atoms with Gasteiger partial charge >= 0.3 is 6.09 Å². The SMILES string of the molecule is COc1nccc(-c2[nH]nc3nc(N4CCC(NC(=O)OC(C)(C)C)(c5ccccc5F)CC4)nc(C#N)c23)c1Cl. The van der Waals surface area contributed by atoms with Crippen LogP contribution in [0.15, 0.2) is 36.5 Å². The van der Waals surface area contributed by atoms with E-state index < -0.39 is 23.1 Å². The summed E-state index contributed by atoms with van der Waals surface area (Å²) < 4.78 is 25.7. The van der Waals surface area contributed by atoms with Crippen LogP contribution in [0.25, 0.3) is 22.3 Å². The van der Waals surface area contributed by atoms with Crippen molar-refractivity contribution in [3.8, 4) is 23.2 Å². The number of H-pyrrole nitrogens is 1. The summed E-state index contributed by atoms with van der Waals surface area (Å²) in [7, 11) is 1.46. The fourth-order valence-electron chi connectivity index (χ4n) is 4.99. The number of rotatable bonds is 5. The van der Waals surface area contributed by atoms with Crippen molar-refractivity contribution >= 4 is 34.7 Å². The van der Waals surface area contributed by atoms with E-state index in [1.165, 1.54) is 19.4 Å². The number of hydrogen-bond donors (Lipinski definition) is 2. The molecule has 1 aromatic carbocycles. The summed E-state index contributed by atoms with van der Waals surface area (Å²) in [5.41, 5.74) is 0.0444. The number of carbonyl (C=O) groups is 1. The first-order valence-corrected chi connectivity index (χ1v) is 13.3. The van der Waals surface area contributed by atoms with Gasteiger partial charge in [-0.1, -0.05) is 29.8 Å². The molecule has 0 aliphatic carbocycles. The number of fused-ring (bicyclic) bond motifs is 1. The number of ether oxygens (including phenoxy) is 2. The number of pyridine rings is 1. The molecular formula is C28H28ClFN8O3. The average Bonchev–Trinajstić information content (AvgIpc) is 3.36. The Bertz CT molecular complexity index is 1650. The standard InChI is InChI=1S/C28H28ClFN8O3/c1-27(2,3)41-26(39)35-28(17-7-5-6-8-18(17)30)10-13-38(14-11-28)25-33-19(15-31)20-22(36-37-23(20)34-25)16-9-12-32-24(40-4)21(16)29/h5-9,12H,10-11,13-14H2,1-4H3,(H,35,39)(H,33,34,36,37). The number of aromatic amines is 1. The van der Waals surface area contributed by atoms with Crippen molar-refractivity contribution in [1.82, 2.24) is 30.5 Å². The molecule has 1 aliphatic heterocycles. The predicted octanol–water partition coefficient (Wildman–Crippen LogP) is 5.11. The lowest BCUT2D eigenvalue weighted by Crippen LogP contribution is -2.54. The normalized spacial score (nSPS) is 14.9. The van der Waals surface area contributed by atoms with E-state index in [-0.39, 0.29) is 22.2 Å². The first-order chi connectivity index (χ1) is 19.5. The lowest BCUT2D eigenvalue weighted by Gasteiger charge is -2.42. The molecule has 3 aromatic heterocycles. The van der Waals surface area contributed by atoms with Gasteiger partial charge in [0.05, 0.1) is 23.7 Å². The molecule has 0 bridgehead atoms. The molecule has 0 unspecified atom stereocenters. The molecular weight excluding hydrogens is 551 g/mol. The van der Waals surface area contributed by atoms with Crippen LogP contribution in [0, 0.1) is 17.1 Å². The zero-order valence-corrected chi connectivity index (χ0v) is 23.7. The van der Waals surface area contributed by atoms with Crippen LogP contribution < -0.4 is 15.0 Å². The number of nitriles is 1. The Balaban J connectivity index is 1.46. The summed E-state index contributed by atoms with van der Waals surface area (Å²) in [6.07, 6.45) is 1.59. The second-order valence-corrected chi connectivity index (χ2v) is 11.0. The lowest BCUT2D eigenvalue weighted by molar-refractivity contribution is 0.0428. The largest absolute Gasteiger partial charge is 0.480 e. The Morgan fingerprint density at radius 3 is 2.61 bits per heavy atom. The summed E-state index contributed by atoms with van der Waals surface area (Å²) in [5.74, 6) is 0.108. The highest BCUT2D eigenvalue weighted by molar-refractivity contribution is 6.34. The maximum atomic E-state index is 15.0. The number of piperidine rings is 1. The van der Waals surface area contributed by atoms with Crippen LogP contribution in [0.3, 0.4) is 0 Å². The van der Waals surface area contributed by atoms with E-state index in [9.17, 15) is 10.1 Å². The van der Waals surface area contributed by atoms with Gasteiger partial charge in [0.2, 0.25) is 11.8 Å². The van der Waals surface area contributed by atoms with Gasteiger partial charge in [-0.25, -0.2) is 19.2 Å². The van der Waals surface area contributed by atoms with Crippen LogP contribution >= 0.6 is 11.6 Å². The minimum Gasteiger partial charge on any atom is -0.480 e. The second kappa shape index (κ2) is 10.8. The van der Waals surface area contributed by atoms with Gasteiger partial charge in [0.15, 0.2) is 11.3 Å². The first-order valence-electron chi connectivity index (χ1n) is 12.9. The van der Waals surface area contributed by atoms with Crippen molar-refractivity contribution in [2.45, 2.75) is 44.8 Å². The molecule has 1 amide bonds. The third kappa shape index (κ3) is 5.45. The number of benzene rings is 1. The van der Waals surface area contributed by atoms with Crippen LogP contribution in [-0.2, 0) is 10.3 Å². The molecule has 0 atom stereocenters. The number of alkyl carbamates (subject to hydrolysis) is 1. The highest BCUT2D eigenvalue weighted by atomic mass is 35.5. The molecule has 4 aromatic rings. The van der Waals surface area contributed by atoms with Crippen molar-refractivity contribution < 1.29 is 18.7 Å². The zero-order valence-electron chi connectivity index (χ0n) is 23.0. The van der Waals surface area contributed by atoms with Crippen LogP contribution in [0.5, 0.6) is 5.88 Å². The molecule has 1 saturated heterocycles. The Kier molecular flexibility index (Phi) is 7.40. The fraction of sp³-hybridized carbons (Fsp3) is 0.357. The highest BCUT2D eigenvalue weighted by Gasteiger charge is 2.41. The van der Waals surface area contributed by atoms with Gasteiger partial charge in [-0.15, -0.1) is 0 Å². The Hall–Kier alpha value is -4.50. The van der Waals surface area contributed by atoms with Gasteiger partial charge in [0, 0.05) is 30.4 Å². The van der Waals surface area contributed by atoms with Crippen molar-refractivity contribution in [1.29, 1.82) is 5.26 Å². The molecule has 4 heterocycles. The third-order valence-corrected chi connectivity index (χ3v) is 7.22. The van der Waals surface area contributed by atoms with Crippen molar-refractivity contribution in [2.24, 2.45) is 0 Å². The molecule has 41 heavy (non-hydrogen) atoms. The minimum atomic E-state index is -1.01. The molecule has 212 valence electrons. The highest BCUT2D eigenvalue weighted by Crippen LogP contribution is 2.39.